The van der Waals surface area contributed by atoms with Crippen molar-refractivity contribution in [3.05, 3.63) is 89.0 Å². The molecule has 3 aromatic rings. The zero-order valence-corrected chi connectivity index (χ0v) is 18.2. The molecule has 0 saturated carbocycles. The Labute approximate surface area is 185 Å². The van der Waals surface area contributed by atoms with E-state index in [1.165, 1.54) is 31.3 Å². The van der Waals surface area contributed by atoms with Crippen LogP contribution in [0.25, 0.3) is 0 Å². The highest BCUT2D eigenvalue weighted by atomic mass is 32.2. The third-order valence-corrected chi connectivity index (χ3v) is 6.22. The highest BCUT2D eigenvalue weighted by Gasteiger charge is 2.18. The van der Waals surface area contributed by atoms with Gasteiger partial charge in [0.1, 0.15) is 5.75 Å². The summed E-state index contributed by atoms with van der Waals surface area (Å²) < 4.78 is 56.6. The molecule has 0 aliphatic carbocycles. The monoisotopic (exact) mass is 460 g/mol. The van der Waals surface area contributed by atoms with Gasteiger partial charge in [-0.25, -0.2) is 13.1 Å². The molecule has 3 aromatic carbocycles. The van der Waals surface area contributed by atoms with Crippen LogP contribution in [0.15, 0.2) is 71.6 Å². The predicted molar refractivity (Wildman–Crippen MR) is 118 cm³/mol. The van der Waals surface area contributed by atoms with Crippen molar-refractivity contribution in [3.63, 3.8) is 0 Å². The Kier molecular flexibility index (Phi) is 7.22. The van der Waals surface area contributed by atoms with E-state index in [0.29, 0.717) is 23.2 Å². The van der Waals surface area contributed by atoms with Crippen LogP contribution >= 0.6 is 0 Å². The number of aryl methyl sites for hydroxylation is 1. The van der Waals surface area contributed by atoms with E-state index in [9.17, 15) is 22.0 Å². The molecule has 0 aromatic heterocycles. The van der Waals surface area contributed by atoms with Gasteiger partial charge < -0.3 is 10.1 Å². The lowest BCUT2D eigenvalue weighted by atomic mass is 10.0. The summed E-state index contributed by atoms with van der Waals surface area (Å²) in [5.74, 6) is -0.510. The largest absolute Gasteiger partial charge is 0.435 e. The summed E-state index contributed by atoms with van der Waals surface area (Å²) in [6, 6.07) is 17.9. The highest BCUT2D eigenvalue weighted by Crippen LogP contribution is 2.28. The number of anilines is 1. The molecule has 0 spiro atoms. The first-order chi connectivity index (χ1) is 15.2. The van der Waals surface area contributed by atoms with Gasteiger partial charge in [-0.1, -0.05) is 36.4 Å². The number of carbonyl (C=O) groups is 1. The van der Waals surface area contributed by atoms with Gasteiger partial charge in [0.05, 0.1) is 4.90 Å². The fourth-order valence-electron chi connectivity index (χ4n) is 3.15. The minimum Gasteiger partial charge on any atom is -0.435 e. The molecule has 0 fully saturated rings. The zero-order chi connectivity index (χ0) is 23.3. The number of carbonyl (C=O) groups excluding carboxylic acids is 1. The van der Waals surface area contributed by atoms with E-state index in [2.05, 4.69) is 14.8 Å². The van der Waals surface area contributed by atoms with E-state index in [1.54, 1.807) is 19.1 Å². The molecule has 9 heteroatoms. The molecule has 0 heterocycles. The van der Waals surface area contributed by atoms with E-state index >= 15 is 0 Å². The van der Waals surface area contributed by atoms with Crippen LogP contribution in [-0.2, 0) is 16.4 Å². The van der Waals surface area contributed by atoms with Crippen LogP contribution in [0.4, 0.5) is 14.5 Å². The number of hydrogen-bond acceptors (Lipinski definition) is 4. The number of sulfonamides is 1. The van der Waals surface area contributed by atoms with Crippen LogP contribution in [0.5, 0.6) is 5.75 Å². The molecule has 32 heavy (non-hydrogen) atoms. The average Bonchev–Trinajstić information content (AvgIpc) is 2.76. The third kappa shape index (κ3) is 5.68. The quantitative estimate of drug-likeness (QED) is 0.524. The van der Waals surface area contributed by atoms with Crippen molar-refractivity contribution in [2.75, 3.05) is 12.4 Å². The Morgan fingerprint density at radius 1 is 1.03 bits per heavy atom. The summed E-state index contributed by atoms with van der Waals surface area (Å²) in [5, 5.41) is 2.71. The van der Waals surface area contributed by atoms with E-state index in [-0.39, 0.29) is 16.2 Å². The number of rotatable bonds is 8. The number of amides is 1. The molecule has 0 bridgehead atoms. The predicted octanol–water partition coefficient (Wildman–Crippen LogP) is 4.35. The highest BCUT2D eigenvalue weighted by molar-refractivity contribution is 7.89. The molecule has 0 atom stereocenters. The minimum atomic E-state index is -3.72. The van der Waals surface area contributed by atoms with Crippen molar-refractivity contribution in [2.45, 2.75) is 24.9 Å². The van der Waals surface area contributed by atoms with Crippen LogP contribution in [0.1, 0.15) is 27.0 Å². The molecule has 3 rings (SSSR count). The fraction of sp³-hybridized carbons (Fsp3) is 0.174. The van der Waals surface area contributed by atoms with Gasteiger partial charge >= 0.3 is 6.61 Å². The maximum absolute atomic E-state index is 12.9. The minimum absolute atomic E-state index is 0.0140. The molecule has 2 N–H and O–H groups in total. The van der Waals surface area contributed by atoms with Gasteiger partial charge in [0.15, 0.2) is 0 Å². The Hall–Kier alpha value is -3.30. The van der Waals surface area contributed by atoms with Crippen molar-refractivity contribution in [1.82, 2.24) is 4.72 Å². The first kappa shape index (κ1) is 23.4. The molecule has 6 nitrogen and oxygen atoms in total. The Balaban J connectivity index is 1.91. The molecule has 0 aliphatic heterocycles. The number of hydrogen-bond donors (Lipinski definition) is 2. The van der Waals surface area contributed by atoms with Gasteiger partial charge in [-0.15, -0.1) is 0 Å². The molecule has 168 valence electrons. The van der Waals surface area contributed by atoms with E-state index < -0.39 is 22.5 Å². The van der Waals surface area contributed by atoms with Crippen molar-refractivity contribution in [3.8, 4) is 5.75 Å². The molecular weight excluding hydrogens is 438 g/mol. The van der Waals surface area contributed by atoms with Crippen LogP contribution in [0, 0.1) is 6.92 Å². The van der Waals surface area contributed by atoms with E-state index in [0.717, 1.165) is 5.56 Å². The summed E-state index contributed by atoms with van der Waals surface area (Å²) >= 11 is 0. The first-order valence-electron chi connectivity index (χ1n) is 9.67. The summed E-state index contributed by atoms with van der Waals surface area (Å²) in [7, 11) is -2.44. The summed E-state index contributed by atoms with van der Waals surface area (Å²) in [5.41, 5.74) is 2.48. The second-order valence-corrected chi connectivity index (χ2v) is 8.89. The SMILES string of the molecule is CNS(=O)(=O)c1ccc(C)c(C(=O)Nc2ccc(OC(F)F)c(Cc3ccccc3)c2)c1. The van der Waals surface area contributed by atoms with Gasteiger partial charge in [-0.05, 0) is 55.4 Å². The molecule has 1 amide bonds. The smallest absolute Gasteiger partial charge is 0.387 e. The molecular formula is C23H22F2N2O4S. The molecule has 0 radical (unpaired) electrons. The van der Waals surface area contributed by atoms with Gasteiger partial charge in [0.2, 0.25) is 10.0 Å². The van der Waals surface area contributed by atoms with Crippen LogP contribution in [-0.4, -0.2) is 28.0 Å². The lowest BCUT2D eigenvalue weighted by Crippen LogP contribution is -2.20. The average molecular weight is 461 g/mol. The number of ether oxygens (including phenoxy) is 1. The Bertz CT molecular complexity index is 1220. The van der Waals surface area contributed by atoms with Gasteiger partial charge in [-0.2, -0.15) is 8.78 Å². The van der Waals surface area contributed by atoms with Crippen LogP contribution < -0.4 is 14.8 Å². The summed E-state index contributed by atoms with van der Waals surface area (Å²) in [6.45, 7) is -1.30. The molecule has 0 saturated heterocycles. The maximum atomic E-state index is 12.9. The first-order valence-corrected chi connectivity index (χ1v) is 11.1. The number of nitrogens with one attached hydrogen (secondary N) is 2. The number of alkyl halides is 2. The van der Waals surface area contributed by atoms with Gasteiger partial charge in [0.25, 0.3) is 5.91 Å². The van der Waals surface area contributed by atoms with Crippen LogP contribution in [0.3, 0.4) is 0 Å². The third-order valence-electron chi connectivity index (χ3n) is 4.80. The van der Waals surface area contributed by atoms with Crippen molar-refractivity contribution >= 4 is 21.6 Å². The van der Waals surface area contributed by atoms with Crippen molar-refractivity contribution in [2.24, 2.45) is 0 Å². The summed E-state index contributed by atoms with van der Waals surface area (Å²) in [6.07, 6.45) is 0.321. The van der Waals surface area contributed by atoms with Crippen LogP contribution in [0.2, 0.25) is 0 Å². The van der Waals surface area contributed by atoms with E-state index in [1.807, 2.05) is 30.3 Å². The zero-order valence-electron chi connectivity index (χ0n) is 17.4. The summed E-state index contributed by atoms with van der Waals surface area (Å²) in [4.78, 5) is 12.8. The topological polar surface area (TPSA) is 84.5 Å². The molecule has 0 unspecified atom stereocenters. The number of benzene rings is 3. The van der Waals surface area contributed by atoms with Gasteiger partial charge in [-0.3, -0.25) is 4.79 Å². The normalized spacial score (nSPS) is 11.4. The number of halogens is 2. The second kappa shape index (κ2) is 9.88. The lowest BCUT2D eigenvalue weighted by molar-refractivity contribution is -0.0503. The second-order valence-electron chi connectivity index (χ2n) is 7.00. The Morgan fingerprint density at radius 3 is 2.41 bits per heavy atom. The van der Waals surface area contributed by atoms with Crippen molar-refractivity contribution < 1.29 is 26.7 Å². The Morgan fingerprint density at radius 2 is 1.75 bits per heavy atom. The maximum Gasteiger partial charge on any atom is 0.387 e. The lowest BCUT2D eigenvalue weighted by Gasteiger charge is -2.14. The molecule has 0 aliphatic rings. The van der Waals surface area contributed by atoms with Crippen molar-refractivity contribution in [1.29, 1.82) is 0 Å². The van der Waals surface area contributed by atoms with E-state index in [4.69, 9.17) is 0 Å². The van der Waals surface area contributed by atoms with Gasteiger partial charge in [0, 0.05) is 23.2 Å². The standard InChI is InChI=1S/C23H22F2N2O4S/c1-15-8-10-19(32(29,30)26-2)14-20(15)22(28)27-18-9-11-21(31-23(24)25)17(13-18)12-16-6-4-3-5-7-16/h3-11,13-14,23,26H,12H2,1-2H3,(H,27,28). The fourth-order valence-corrected chi connectivity index (χ4v) is 3.91.